The second kappa shape index (κ2) is 7.44. The monoisotopic (exact) mass is 307 g/mol. The standard InChI is InChI=1S/C17H29N3O2/c21-16(19-14-8-3-4-10-18-17(14)22)12-20-11-5-7-13-6-1-2-9-15(13)20/h13-15H,1-12H2,(H,18,22)(H,19,21)/t13-,14-,15-/m0/s1. The summed E-state index contributed by atoms with van der Waals surface area (Å²) in [4.78, 5) is 26.7. The Morgan fingerprint density at radius 1 is 1.09 bits per heavy atom. The van der Waals surface area contributed by atoms with Gasteiger partial charge in [0.05, 0.1) is 6.54 Å². The Morgan fingerprint density at radius 2 is 1.86 bits per heavy atom. The molecule has 3 atom stereocenters. The van der Waals surface area contributed by atoms with Gasteiger partial charge in [-0.15, -0.1) is 0 Å². The summed E-state index contributed by atoms with van der Waals surface area (Å²) in [6, 6.07) is 0.262. The lowest BCUT2D eigenvalue weighted by Gasteiger charge is -2.43. The van der Waals surface area contributed by atoms with Crippen molar-refractivity contribution in [2.45, 2.75) is 69.9 Å². The molecule has 3 aliphatic rings. The molecule has 2 amide bonds. The van der Waals surface area contributed by atoms with Crippen LogP contribution < -0.4 is 10.6 Å². The first kappa shape index (κ1) is 15.8. The molecule has 0 spiro atoms. The first-order valence-corrected chi connectivity index (χ1v) is 9.05. The molecular weight excluding hydrogens is 278 g/mol. The van der Waals surface area contributed by atoms with Crippen molar-refractivity contribution in [1.82, 2.24) is 15.5 Å². The molecule has 2 heterocycles. The van der Waals surface area contributed by atoms with Crippen LogP contribution in [0.5, 0.6) is 0 Å². The van der Waals surface area contributed by atoms with Gasteiger partial charge in [0, 0.05) is 12.6 Å². The molecule has 5 heteroatoms. The number of likely N-dealkylation sites (tertiary alicyclic amines) is 1. The quantitative estimate of drug-likeness (QED) is 0.829. The van der Waals surface area contributed by atoms with E-state index in [-0.39, 0.29) is 17.9 Å². The van der Waals surface area contributed by atoms with Crippen molar-refractivity contribution in [2.24, 2.45) is 5.92 Å². The van der Waals surface area contributed by atoms with Crippen molar-refractivity contribution in [3.63, 3.8) is 0 Å². The lowest BCUT2D eigenvalue weighted by Crippen LogP contribution is -2.53. The third kappa shape index (κ3) is 3.80. The third-order valence-corrected chi connectivity index (χ3v) is 5.58. The summed E-state index contributed by atoms with van der Waals surface area (Å²) in [6.07, 6.45) is 10.5. The number of hydrogen-bond donors (Lipinski definition) is 2. The van der Waals surface area contributed by atoms with E-state index in [1.165, 1.54) is 38.5 Å². The van der Waals surface area contributed by atoms with Gasteiger partial charge in [0.15, 0.2) is 0 Å². The number of hydrogen-bond acceptors (Lipinski definition) is 3. The van der Waals surface area contributed by atoms with Gasteiger partial charge in [-0.2, -0.15) is 0 Å². The summed E-state index contributed by atoms with van der Waals surface area (Å²) >= 11 is 0. The molecule has 1 aliphatic carbocycles. The highest BCUT2D eigenvalue weighted by Gasteiger charge is 2.34. The molecule has 5 nitrogen and oxygen atoms in total. The Bertz CT molecular complexity index is 411. The molecule has 0 unspecified atom stereocenters. The van der Waals surface area contributed by atoms with Crippen molar-refractivity contribution >= 4 is 11.8 Å². The Balaban J connectivity index is 1.53. The average molecular weight is 307 g/mol. The number of nitrogens with zero attached hydrogens (tertiary/aromatic N) is 1. The molecule has 2 aliphatic heterocycles. The summed E-state index contributed by atoms with van der Waals surface area (Å²) in [5.41, 5.74) is 0. The van der Waals surface area contributed by atoms with Crippen molar-refractivity contribution in [2.75, 3.05) is 19.6 Å². The lowest BCUT2D eigenvalue weighted by molar-refractivity contribution is -0.130. The summed E-state index contributed by atoms with van der Waals surface area (Å²) in [7, 11) is 0. The van der Waals surface area contributed by atoms with E-state index in [2.05, 4.69) is 15.5 Å². The van der Waals surface area contributed by atoms with Crippen molar-refractivity contribution in [3.05, 3.63) is 0 Å². The van der Waals surface area contributed by atoms with Gasteiger partial charge in [0.2, 0.25) is 11.8 Å². The normalized spacial score (nSPS) is 33.5. The van der Waals surface area contributed by atoms with Crippen LogP contribution in [0.1, 0.15) is 57.8 Å². The molecule has 0 aromatic carbocycles. The molecule has 2 saturated heterocycles. The summed E-state index contributed by atoms with van der Waals surface area (Å²) in [6.45, 7) is 2.23. The number of nitrogens with one attached hydrogen (secondary N) is 2. The Morgan fingerprint density at radius 3 is 2.77 bits per heavy atom. The number of piperidine rings is 1. The van der Waals surface area contributed by atoms with E-state index in [1.807, 2.05) is 0 Å². The molecule has 0 bridgehead atoms. The molecule has 124 valence electrons. The number of fused-ring (bicyclic) bond motifs is 1. The van der Waals surface area contributed by atoms with E-state index in [4.69, 9.17) is 0 Å². The molecule has 0 radical (unpaired) electrons. The summed E-state index contributed by atoms with van der Waals surface area (Å²) in [5.74, 6) is 0.796. The maximum Gasteiger partial charge on any atom is 0.242 e. The molecule has 2 N–H and O–H groups in total. The van der Waals surface area contributed by atoms with Gasteiger partial charge in [-0.1, -0.05) is 12.8 Å². The molecule has 1 saturated carbocycles. The average Bonchev–Trinajstić information content (AvgIpc) is 2.73. The van der Waals surface area contributed by atoms with Crippen LogP contribution in [0.4, 0.5) is 0 Å². The van der Waals surface area contributed by atoms with E-state index < -0.39 is 0 Å². The largest absolute Gasteiger partial charge is 0.354 e. The van der Waals surface area contributed by atoms with Crippen LogP contribution >= 0.6 is 0 Å². The fraction of sp³-hybridized carbons (Fsp3) is 0.882. The van der Waals surface area contributed by atoms with Crippen molar-refractivity contribution < 1.29 is 9.59 Å². The van der Waals surface area contributed by atoms with Crippen LogP contribution in [-0.2, 0) is 9.59 Å². The molecule has 3 rings (SSSR count). The number of rotatable bonds is 3. The van der Waals surface area contributed by atoms with Crippen molar-refractivity contribution in [3.8, 4) is 0 Å². The summed E-state index contributed by atoms with van der Waals surface area (Å²) < 4.78 is 0. The van der Waals surface area contributed by atoms with Gasteiger partial charge in [-0.25, -0.2) is 0 Å². The van der Waals surface area contributed by atoms with Crippen LogP contribution in [0.3, 0.4) is 0 Å². The Kier molecular flexibility index (Phi) is 5.34. The first-order chi connectivity index (χ1) is 10.7. The smallest absolute Gasteiger partial charge is 0.242 e. The molecule has 22 heavy (non-hydrogen) atoms. The minimum Gasteiger partial charge on any atom is -0.354 e. The molecule has 0 aromatic heterocycles. The highest BCUT2D eigenvalue weighted by Crippen LogP contribution is 2.34. The van der Waals surface area contributed by atoms with Gasteiger partial charge >= 0.3 is 0 Å². The van der Waals surface area contributed by atoms with Crippen LogP contribution in [-0.4, -0.2) is 48.4 Å². The predicted octanol–water partition coefficient (Wildman–Crippen LogP) is 1.43. The summed E-state index contributed by atoms with van der Waals surface area (Å²) in [5, 5.41) is 5.84. The van der Waals surface area contributed by atoms with Gasteiger partial charge < -0.3 is 10.6 Å². The first-order valence-electron chi connectivity index (χ1n) is 9.05. The maximum absolute atomic E-state index is 12.4. The second-order valence-corrected chi connectivity index (χ2v) is 7.13. The Labute approximate surface area is 133 Å². The minimum atomic E-state index is -0.332. The van der Waals surface area contributed by atoms with Crippen LogP contribution in [0, 0.1) is 5.92 Å². The number of amides is 2. The lowest BCUT2D eigenvalue weighted by atomic mass is 9.78. The topological polar surface area (TPSA) is 61.4 Å². The molecule has 3 fully saturated rings. The fourth-order valence-electron chi connectivity index (χ4n) is 4.43. The SMILES string of the molecule is O=C(CN1CCC[C@@H]2CCCC[C@@H]21)N[C@H]1CCCCNC1=O. The molecular formula is C17H29N3O2. The van der Waals surface area contributed by atoms with E-state index in [9.17, 15) is 9.59 Å². The predicted molar refractivity (Wildman–Crippen MR) is 85.3 cm³/mol. The minimum absolute atomic E-state index is 0.0139. The van der Waals surface area contributed by atoms with Gasteiger partial charge in [-0.05, 0) is 57.4 Å². The van der Waals surface area contributed by atoms with Gasteiger partial charge in [0.25, 0.3) is 0 Å². The van der Waals surface area contributed by atoms with Crippen LogP contribution in [0.15, 0.2) is 0 Å². The van der Waals surface area contributed by atoms with E-state index in [0.29, 0.717) is 12.6 Å². The highest BCUT2D eigenvalue weighted by atomic mass is 16.2. The van der Waals surface area contributed by atoms with Gasteiger partial charge in [0.1, 0.15) is 6.04 Å². The molecule has 0 aromatic rings. The van der Waals surface area contributed by atoms with Gasteiger partial charge in [-0.3, -0.25) is 14.5 Å². The van der Waals surface area contributed by atoms with E-state index in [0.717, 1.165) is 38.3 Å². The fourth-order valence-corrected chi connectivity index (χ4v) is 4.43. The van der Waals surface area contributed by atoms with E-state index >= 15 is 0 Å². The third-order valence-electron chi connectivity index (χ3n) is 5.58. The number of carbonyl (C=O) groups is 2. The second-order valence-electron chi connectivity index (χ2n) is 7.13. The zero-order valence-corrected chi connectivity index (χ0v) is 13.5. The van der Waals surface area contributed by atoms with E-state index in [1.54, 1.807) is 0 Å². The maximum atomic E-state index is 12.4. The zero-order chi connectivity index (χ0) is 15.4. The van der Waals surface area contributed by atoms with Crippen LogP contribution in [0.2, 0.25) is 0 Å². The highest BCUT2D eigenvalue weighted by molar-refractivity contribution is 5.88. The Hall–Kier alpha value is -1.10. The van der Waals surface area contributed by atoms with Crippen LogP contribution in [0.25, 0.3) is 0 Å². The number of carbonyl (C=O) groups excluding carboxylic acids is 2. The van der Waals surface area contributed by atoms with Crippen molar-refractivity contribution in [1.29, 1.82) is 0 Å². The zero-order valence-electron chi connectivity index (χ0n) is 13.5.